The van der Waals surface area contributed by atoms with Crippen molar-refractivity contribution < 1.29 is 8.78 Å². The second-order valence-electron chi connectivity index (χ2n) is 5.65. The highest BCUT2D eigenvalue weighted by molar-refractivity contribution is 5.18. The summed E-state index contributed by atoms with van der Waals surface area (Å²) in [5.74, 6) is -0.750. The molecule has 0 bridgehead atoms. The maximum Gasteiger partial charge on any atom is 0.127 e. The van der Waals surface area contributed by atoms with Crippen LogP contribution in [0.1, 0.15) is 26.3 Å². The summed E-state index contributed by atoms with van der Waals surface area (Å²) in [6, 6.07) is 3.56. The fourth-order valence-corrected chi connectivity index (χ4v) is 1.66. The number of nitrogens with zero attached hydrogens (tertiary/aromatic N) is 1. The summed E-state index contributed by atoms with van der Waals surface area (Å²) in [6.45, 7) is 8.30. The van der Waals surface area contributed by atoms with Crippen LogP contribution in [0.3, 0.4) is 0 Å². The highest BCUT2D eigenvalue weighted by Crippen LogP contribution is 2.11. The minimum Gasteiger partial charge on any atom is -0.311 e. The Kier molecular flexibility index (Phi) is 5.23. The van der Waals surface area contributed by atoms with E-state index in [-0.39, 0.29) is 11.4 Å². The smallest absolute Gasteiger partial charge is 0.127 e. The molecule has 2 nitrogen and oxygen atoms in total. The van der Waals surface area contributed by atoms with Gasteiger partial charge in [-0.3, -0.25) is 0 Å². The van der Waals surface area contributed by atoms with Crippen LogP contribution in [0.2, 0.25) is 0 Å². The Morgan fingerprint density at radius 3 is 2.50 bits per heavy atom. The number of rotatable bonds is 5. The van der Waals surface area contributed by atoms with Crippen molar-refractivity contribution in [1.82, 2.24) is 10.2 Å². The molecule has 0 aliphatic carbocycles. The highest BCUT2D eigenvalue weighted by atomic mass is 19.1. The second-order valence-corrected chi connectivity index (χ2v) is 5.65. The van der Waals surface area contributed by atoms with Gasteiger partial charge in [-0.05, 0) is 46.0 Å². The van der Waals surface area contributed by atoms with Gasteiger partial charge in [0.05, 0.1) is 0 Å². The van der Waals surface area contributed by atoms with Crippen LogP contribution in [0.25, 0.3) is 0 Å². The van der Waals surface area contributed by atoms with E-state index in [1.54, 1.807) is 0 Å². The van der Waals surface area contributed by atoms with E-state index in [4.69, 9.17) is 0 Å². The van der Waals surface area contributed by atoms with Crippen molar-refractivity contribution in [2.45, 2.75) is 32.9 Å². The van der Waals surface area contributed by atoms with E-state index in [0.29, 0.717) is 12.1 Å². The largest absolute Gasteiger partial charge is 0.311 e. The summed E-state index contributed by atoms with van der Waals surface area (Å²) >= 11 is 0. The summed E-state index contributed by atoms with van der Waals surface area (Å²) in [5.41, 5.74) is 0.471. The van der Waals surface area contributed by atoms with Gasteiger partial charge in [0.15, 0.2) is 0 Å². The predicted octanol–water partition coefficient (Wildman–Crippen LogP) is 2.78. The van der Waals surface area contributed by atoms with E-state index in [2.05, 4.69) is 26.1 Å². The number of benzene rings is 1. The highest BCUT2D eigenvalue weighted by Gasteiger charge is 2.10. The normalized spacial score (nSPS) is 12.2. The van der Waals surface area contributed by atoms with Gasteiger partial charge < -0.3 is 10.2 Å². The topological polar surface area (TPSA) is 15.3 Å². The van der Waals surface area contributed by atoms with Gasteiger partial charge in [0.2, 0.25) is 0 Å². The van der Waals surface area contributed by atoms with Crippen molar-refractivity contribution in [3.05, 3.63) is 35.4 Å². The number of nitrogens with one attached hydrogen (secondary N) is 1. The number of halogens is 2. The van der Waals surface area contributed by atoms with Gasteiger partial charge >= 0.3 is 0 Å². The Morgan fingerprint density at radius 2 is 1.89 bits per heavy atom. The Hall–Kier alpha value is -1.00. The molecule has 1 aromatic carbocycles. The number of hydrogen-bond acceptors (Lipinski definition) is 2. The quantitative estimate of drug-likeness (QED) is 0.871. The standard InChI is InChI=1S/C14H22F2N2/c1-14(2,3)17-7-8-18(4)10-11-9-12(15)5-6-13(11)16/h5-6,9,17H,7-8,10H2,1-4H3. The molecule has 0 aliphatic heterocycles. The summed E-state index contributed by atoms with van der Waals surface area (Å²) in [7, 11) is 1.90. The van der Waals surface area contributed by atoms with Crippen LogP contribution in [0, 0.1) is 11.6 Å². The molecule has 0 atom stereocenters. The first-order valence-electron chi connectivity index (χ1n) is 6.15. The van der Waals surface area contributed by atoms with Crippen LogP contribution < -0.4 is 5.32 Å². The molecule has 0 spiro atoms. The fraction of sp³-hybridized carbons (Fsp3) is 0.571. The molecule has 1 aromatic rings. The number of likely N-dealkylation sites (N-methyl/N-ethyl adjacent to an activating group) is 1. The van der Waals surface area contributed by atoms with Gasteiger partial charge in [-0.15, -0.1) is 0 Å². The zero-order valence-corrected chi connectivity index (χ0v) is 11.6. The van der Waals surface area contributed by atoms with Crippen LogP contribution in [0.15, 0.2) is 18.2 Å². The van der Waals surface area contributed by atoms with E-state index >= 15 is 0 Å². The van der Waals surface area contributed by atoms with E-state index in [1.807, 2.05) is 11.9 Å². The van der Waals surface area contributed by atoms with Crippen LogP contribution >= 0.6 is 0 Å². The van der Waals surface area contributed by atoms with E-state index in [0.717, 1.165) is 19.2 Å². The minimum atomic E-state index is -0.396. The molecule has 0 fully saturated rings. The van der Waals surface area contributed by atoms with Crippen molar-refractivity contribution in [3.63, 3.8) is 0 Å². The van der Waals surface area contributed by atoms with Gasteiger partial charge in [-0.1, -0.05) is 0 Å². The van der Waals surface area contributed by atoms with Crippen LogP contribution in [-0.4, -0.2) is 30.6 Å². The minimum absolute atomic E-state index is 0.0744. The lowest BCUT2D eigenvalue weighted by Crippen LogP contribution is -2.40. The molecule has 0 radical (unpaired) electrons. The molecule has 0 amide bonds. The zero-order valence-electron chi connectivity index (χ0n) is 11.6. The Morgan fingerprint density at radius 1 is 1.22 bits per heavy atom. The third-order valence-electron chi connectivity index (χ3n) is 2.60. The van der Waals surface area contributed by atoms with Crippen LogP contribution in [0.4, 0.5) is 8.78 Å². The van der Waals surface area contributed by atoms with Crippen molar-refractivity contribution in [1.29, 1.82) is 0 Å². The average Bonchev–Trinajstić information content (AvgIpc) is 2.21. The van der Waals surface area contributed by atoms with Crippen molar-refractivity contribution >= 4 is 0 Å². The summed E-state index contributed by atoms with van der Waals surface area (Å²) in [4.78, 5) is 1.97. The second kappa shape index (κ2) is 6.25. The first-order chi connectivity index (χ1) is 8.28. The van der Waals surface area contributed by atoms with E-state index in [1.165, 1.54) is 12.1 Å². The molecule has 0 aromatic heterocycles. The lowest BCUT2D eigenvalue weighted by molar-refractivity contribution is 0.299. The molecule has 0 unspecified atom stereocenters. The molecule has 102 valence electrons. The van der Waals surface area contributed by atoms with Gasteiger partial charge in [-0.2, -0.15) is 0 Å². The Bertz CT molecular complexity index is 386. The van der Waals surface area contributed by atoms with E-state index < -0.39 is 5.82 Å². The Balaban J connectivity index is 2.44. The van der Waals surface area contributed by atoms with E-state index in [9.17, 15) is 8.78 Å². The first-order valence-corrected chi connectivity index (χ1v) is 6.15. The molecule has 4 heteroatoms. The summed E-state index contributed by atoms with van der Waals surface area (Å²) < 4.78 is 26.4. The molecular weight excluding hydrogens is 234 g/mol. The molecule has 0 saturated carbocycles. The summed E-state index contributed by atoms with van der Waals surface area (Å²) in [5, 5.41) is 3.36. The number of hydrogen-bond donors (Lipinski definition) is 1. The SMILES string of the molecule is CN(CCNC(C)(C)C)Cc1cc(F)ccc1F. The van der Waals surface area contributed by atoms with Gasteiger partial charge in [0.25, 0.3) is 0 Å². The average molecular weight is 256 g/mol. The monoisotopic (exact) mass is 256 g/mol. The molecule has 0 heterocycles. The van der Waals surface area contributed by atoms with Gasteiger partial charge in [0.1, 0.15) is 11.6 Å². The maximum atomic E-state index is 13.4. The fourth-order valence-electron chi connectivity index (χ4n) is 1.66. The van der Waals surface area contributed by atoms with Crippen molar-refractivity contribution in [3.8, 4) is 0 Å². The first kappa shape index (κ1) is 15.1. The molecular formula is C14H22F2N2. The molecule has 1 rings (SSSR count). The van der Waals surface area contributed by atoms with Crippen molar-refractivity contribution in [2.24, 2.45) is 0 Å². The maximum absolute atomic E-state index is 13.4. The van der Waals surface area contributed by atoms with Gasteiger partial charge in [-0.25, -0.2) is 8.78 Å². The molecule has 0 saturated heterocycles. The van der Waals surface area contributed by atoms with Crippen molar-refractivity contribution in [2.75, 3.05) is 20.1 Å². The Labute approximate surface area is 108 Å². The predicted molar refractivity (Wildman–Crippen MR) is 70.4 cm³/mol. The lowest BCUT2D eigenvalue weighted by Gasteiger charge is -2.23. The lowest BCUT2D eigenvalue weighted by atomic mass is 10.1. The summed E-state index contributed by atoms with van der Waals surface area (Å²) in [6.07, 6.45) is 0. The van der Waals surface area contributed by atoms with Gasteiger partial charge in [0, 0.05) is 30.7 Å². The van der Waals surface area contributed by atoms with Crippen LogP contribution in [0.5, 0.6) is 0 Å². The third-order valence-corrected chi connectivity index (χ3v) is 2.60. The molecule has 1 N–H and O–H groups in total. The molecule has 18 heavy (non-hydrogen) atoms. The molecule has 0 aliphatic rings. The third kappa shape index (κ3) is 5.56. The van der Waals surface area contributed by atoms with Crippen LogP contribution in [-0.2, 0) is 6.54 Å². The zero-order chi connectivity index (χ0) is 13.8.